The van der Waals surface area contributed by atoms with Crippen LogP contribution in [0.1, 0.15) is 29.5 Å². The minimum absolute atomic E-state index is 0.0360. The second-order valence-corrected chi connectivity index (χ2v) is 5.70. The number of hydrogen-bond donors (Lipinski definition) is 3. The van der Waals surface area contributed by atoms with Gasteiger partial charge in [0.25, 0.3) is 0 Å². The molecule has 0 unspecified atom stereocenters. The van der Waals surface area contributed by atoms with Crippen molar-refractivity contribution in [2.45, 2.75) is 32.0 Å². The summed E-state index contributed by atoms with van der Waals surface area (Å²) in [7, 11) is 1.70. The third kappa shape index (κ3) is 3.75. The Morgan fingerprint density at radius 2 is 2.05 bits per heavy atom. The Morgan fingerprint density at radius 1 is 1.33 bits per heavy atom. The summed E-state index contributed by atoms with van der Waals surface area (Å²) in [5.41, 5.74) is 9.14. The third-order valence-corrected chi connectivity index (χ3v) is 3.99. The predicted octanol–water partition coefficient (Wildman–Crippen LogP) is 1.33. The van der Waals surface area contributed by atoms with Crippen molar-refractivity contribution in [1.82, 2.24) is 10.3 Å². The van der Waals surface area contributed by atoms with E-state index in [2.05, 4.69) is 30.4 Å². The zero-order chi connectivity index (χ0) is 15.3. The molecule has 116 valence electrons. The van der Waals surface area contributed by atoms with Gasteiger partial charge in [-0.25, -0.2) is 5.84 Å². The van der Waals surface area contributed by atoms with Gasteiger partial charge in [-0.2, -0.15) is 0 Å². The molecule has 0 bridgehead atoms. The summed E-state index contributed by atoms with van der Waals surface area (Å²) in [5, 5.41) is 4.77. The highest BCUT2D eigenvalue weighted by atomic mass is 16.5. The van der Waals surface area contributed by atoms with Gasteiger partial charge in [0, 0.05) is 19.4 Å². The molecular formula is C16H26N4O. The first-order chi connectivity index (χ1) is 10.1. The van der Waals surface area contributed by atoms with E-state index in [1.807, 2.05) is 0 Å². The minimum atomic E-state index is 0.0360. The van der Waals surface area contributed by atoms with Crippen LogP contribution in [-0.2, 0) is 16.9 Å². The second-order valence-electron chi connectivity index (χ2n) is 5.70. The fourth-order valence-corrected chi connectivity index (χ4v) is 2.96. The van der Waals surface area contributed by atoms with E-state index in [-0.39, 0.29) is 5.60 Å². The maximum Gasteiger partial charge on any atom is 0.0963 e. The molecule has 5 heteroatoms. The maximum absolute atomic E-state index is 6.07. The van der Waals surface area contributed by atoms with Crippen LogP contribution in [0.5, 0.6) is 0 Å². The topological polar surface area (TPSA) is 76.5 Å². The molecule has 0 saturated carbocycles. The van der Waals surface area contributed by atoms with Gasteiger partial charge in [0.1, 0.15) is 0 Å². The molecule has 1 spiro atoms. The van der Waals surface area contributed by atoms with E-state index >= 15 is 0 Å². The standard InChI is InChI=1S/C13H17NO.C3H9N3/c1-10-2-3-12-11(8-10)9-15-13(12)4-6-14-7-5-13;1-6(5)3-2-4/h2-3,8,14H,4-7,9H2,1H3;2-3H,4-5H2,1H3/b;3-2-. The van der Waals surface area contributed by atoms with Gasteiger partial charge >= 0.3 is 0 Å². The summed E-state index contributed by atoms with van der Waals surface area (Å²) in [6.07, 6.45) is 5.16. The van der Waals surface area contributed by atoms with Crippen molar-refractivity contribution < 1.29 is 4.74 Å². The number of hydrogen-bond acceptors (Lipinski definition) is 5. The van der Waals surface area contributed by atoms with Crippen LogP contribution in [0.15, 0.2) is 30.6 Å². The van der Waals surface area contributed by atoms with Crippen LogP contribution >= 0.6 is 0 Å². The summed E-state index contributed by atoms with van der Waals surface area (Å²) in [5.74, 6) is 5.07. The van der Waals surface area contributed by atoms with Crippen LogP contribution in [0.2, 0.25) is 0 Å². The lowest BCUT2D eigenvalue weighted by atomic mass is 9.84. The first-order valence-electron chi connectivity index (χ1n) is 7.38. The van der Waals surface area contributed by atoms with Crippen molar-refractivity contribution in [1.29, 1.82) is 0 Å². The predicted molar refractivity (Wildman–Crippen MR) is 85.0 cm³/mol. The number of nitrogens with one attached hydrogen (secondary N) is 1. The first-order valence-corrected chi connectivity index (χ1v) is 7.38. The normalized spacial score (nSPS) is 19.2. The number of rotatable bonds is 1. The van der Waals surface area contributed by atoms with Gasteiger partial charge < -0.3 is 20.8 Å². The van der Waals surface area contributed by atoms with Gasteiger partial charge in [-0.05, 0) is 44.0 Å². The lowest BCUT2D eigenvalue weighted by Crippen LogP contribution is -2.39. The molecule has 5 nitrogen and oxygen atoms in total. The van der Waals surface area contributed by atoms with E-state index in [1.165, 1.54) is 27.9 Å². The van der Waals surface area contributed by atoms with Crippen molar-refractivity contribution in [3.8, 4) is 0 Å². The fraction of sp³-hybridized carbons (Fsp3) is 0.500. The van der Waals surface area contributed by atoms with Crippen LogP contribution in [0.3, 0.4) is 0 Å². The largest absolute Gasteiger partial charge is 0.403 e. The highest BCUT2D eigenvalue weighted by Crippen LogP contribution is 2.42. The molecule has 3 rings (SSSR count). The molecule has 1 aromatic rings. The van der Waals surface area contributed by atoms with Crippen molar-refractivity contribution in [3.05, 3.63) is 47.3 Å². The van der Waals surface area contributed by atoms with Crippen LogP contribution in [-0.4, -0.2) is 25.1 Å². The Morgan fingerprint density at radius 3 is 2.62 bits per heavy atom. The van der Waals surface area contributed by atoms with E-state index in [9.17, 15) is 0 Å². The molecule has 0 atom stereocenters. The molecule has 1 aromatic carbocycles. The number of piperidine rings is 1. The van der Waals surface area contributed by atoms with Gasteiger partial charge in [-0.3, -0.25) is 0 Å². The van der Waals surface area contributed by atoms with Crippen LogP contribution < -0.4 is 16.9 Å². The summed E-state index contributed by atoms with van der Waals surface area (Å²) >= 11 is 0. The maximum atomic E-state index is 6.07. The van der Waals surface area contributed by atoms with Gasteiger partial charge in [0.05, 0.1) is 12.2 Å². The molecule has 2 aliphatic rings. The quantitative estimate of drug-likeness (QED) is 0.537. The second kappa shape index (κ2) is 6.93. The smallest absolute Gasteiger partial charge is 0.0963 e. The number of ether oxygens (including phenoxy) is 1. The SMILES string of the molecule is CN(N)/C=C\N.Cc1ccc2c(c1)COC21CCNCC1. The van der Waals surface area contributed by atoms with Crippen molar-refractivity contribution in [2.24, 2.45) is 11.6 Å². The number of benzene rings is 1. The molecule has 2 aliphatic heterocycles. The zero-order valence-electron chi connectivity index (χ0n) is 12.9. The summed E-state index contributed by atoms with van der Waals surface area (Å²) in [6.45, 7) is 5.10. The Bertz CT molecular complexity index is 493. The monoisotopic (exact) mass is 290 g/mol. The Hall–Kier alpha value is -1.56. The number of hydrazine groups is 1. The summed E-state index contributed by atoms with van der Waals surface area (Å²) in [4.78, 5) is 0. The van der Waals surface area contributed by atoms with E-state index < -0.39 is 0 Å². The highest BCUT2D eigenvalue weighted by molar-refractivity contribution is 5.38. The van der Waals surface area contributed by atoms with Crippen molar-refractivity contribution in [3.63, 3.8) is 0 Å². The average Bonchev–Trinajstić information content (AvgIpc) is 2.78. The van der Waals surface area contributed by atoms with E-state index in [0.29, 0.717) is 0 Å². The number of nitrogens with zero attached hydrogens (tertiary/aromatic N) is 1. The average molecular weight is 290 g/mol. The molecule has 0 aromatic heterocycles. The first kappa shape index (κ1) is 15.8. The van der Waals surface area contributed by atoms with Gasteiger partial charge in [-0.15, -0.1) is 0 Å². The number of fused-ring (bicyclic) bond motifs is 2. The molecule has 5 N–H and O–H groups in total. The molecule has 1 saturated heterocycles. The summed E-state index contributed by atoms with van der Waals surface area (Å²) in [6, 6.07) is 6.74. The van der Waals surface area contributed by atoms with Crippen LogP contribution in [0.4, 0.5) is 0 Å². The lowest BCUT2D eigenvalue weighted by molar-refractivity contribution is -0.0590. The minimum Gasteiger partial charge on any atom is -0.403 e. The summed E-state index contributed by atoms with van der Waals surface area (Å²) < 4.78 is 6.07. The fourth-order valence-electron chi connectivity index (χ4n) is 2.96. The molecule has 0 amide bonds. The third-order valence-electron chi connectivity index (χ3n) is 3.99. The van der Waals surface area contributed by atoms with Crippen molar-refractivity contribution in [2.75, 3.05) is 20.1 Å². The van der Waals surface area contributed by atoms with Gasteiger partial charge in [0.15, 0.2) is 0 Å². The molecule has 1 fully saturated rings. The van der Waals surface area contributed by atoms with Gasteiger partial charge in [-0.1, -0.05) is 23.8 Å². The molecule has 0 radical (unpaired) electrons. The molecule has 2 heterocycles. The molecule has 0 aliphatic carbocycles. The zero-order valence-corrected chi connectivity index (χ0v) is 12.9. The number of nitrogens with two attached hydrogens (primary N) is 2. The lowest BCUT2D eigenvalue weighted by Gasteiger charge is -2.34. The highest BCUT2D eigenvalue weighted by Gasteiger charge is 2.40. The van der Waals surface area contributed by atoms with Gasteiger partial charge in [0.2, 0.25) is 0 Å². The van der Waals surface area contributed by atoms with Crippen LogP contribution in [0.25, 0.3) is 0 Å². The Kier molecular flexibility index (Phi) is 5.22. The molecule has 21 heavy (non-hydrogen) atoms. The Labute approximate surface area is 126 Å². The van der Waals surface area contributed by atoms with E-state index in [0.717, 1.165) is 32.5 Å². The number of aryl methyl sites for hydroxylation is 1. The van der Waals surface area contributed by atoms with Crippen LogP contribution in [0, 0.1) is 6.92 Å². The molecular weight excluding hydrogens is 264 g/mol. The van der Waals surface area contributed by atoms with E-state index in [1.54, 1.807) is 13.2 Å². The van der Waals surface area contributed by atoms with Crippen molar-refractivity contribution >= 4 is 0 Å². The Balaban J connectivity index is 0.000000232. The van der Waals surface area contributed by atoms with E-state index in [4.69, 9.17) is 16.3 Å².